The van der Waals surface area contributed by atoms with Crippen molar-refractivity contribution < 1.29 is 21.3 Å². The van der Waals surface area contributed by atoms with Crippen LogP contribution in [0, 0.1) is 0 Å². The molecule has 0 radical (unpaired) electrons. The van der Waals surface area contributed by atoms with Crippen LogP contribution in [-0.2, 0) is 49.3 Å². The van der Waals surface area contributed by atoms with Crippen molar-refractivity contribution in [2.45, 2.75) is 118 Å². The molecule has 0 amide bonds. The number of fused-ring (bicyclic) bond motifs is 3. The molecule has 5 rings (SSSR count). The van der Waals surface area contributed by atoms with Gasteiger partial charge in [-0.25, -0.2) is 0 Å². The van der Waals surface area contributed by atoms with Crippen molar-refractivity contribution in [3.63, 3.8) is 0 Å². The van der Waals surface area contributed by atoms with Crippen LogP contribution in [0.3, 0.4) is 0 Å². The van der Waals surface area contributed by atoms with Gasteiger partial charge in [-0.1, -0.05) is 0 Å². The Kier molecular flexibility index (Phi) is 8.49. The van der Waals surface area contributed by atoms with E-state index in [2.05, 4.69) is 141 Å². The van der Waals surface area contributed by atoms with Gasteiger partial charge in [-0.15, -0.1) is 0 Å². The van der Waals surface area contributed by atoms with Gasteiger partial charge in [-0.3, -0.25) is 0 Å². The van der Waals surface area contributed by atoms with Gasteiger partial charge in [0.2, 0.25) is 0 Å². The Hall–Kier alpha value is -1.82. The standard InChI is InChI=1S/C29H41.C7H5Cl.C5H5.Zr/c1-26(2,3)22-14-18-13-19-15-23(27(4,5)6)25(29(10,11)12)17-21(19)20(18)16-24(22)28(7,8)9;1-6-3-2-4-7(8)5-6;1-2-4-5-3-1;/h14,16-17H,13H2,1-12H3;1-5H;1-3H,4H2;. The fourth-order valence-electron chi connectivity index (χ4n) is 7.02. The number of hydrogen-bond acceptors (Lipinski definition) is 0. The summed E-state index contributed by atoms with van der Waals surface area (Å²) in [6.07, 6.45) is 9.17. The van der Waals surface area contributed by atoms with E-state index < -0.39 is 21.3 Å². The third-order valence-corrected chi connectivity index (χ3v) is 16.1. The van der Waals surface area contributed by atoms with Crippen molar-refractivity contribution in [2.24, 2.45) is 0 Å². The van der Waals surface area contributed by atoms with Crippen molar-refractivity contribution in [2.75, 3.05) is 0 Å². The fourth-order valence-corrected chi connectivity index (χ4v) is 14.9. The Balaban J connectivity index is 1.93. The SMILES string of the molecule is CC(C)(C)c1cc2c(cc1C(C)(C)C)-c1cc(C(C)(C)C)c(C(C)(C)C)[c](/[Zr](=[CH]\c3cccc(Cl)c3)[C]3=CC=CC3)c1C2. The molecule has 3 aromatic carbocycles. The van der Waals surface area contributed by atoms with E-state index in [4.69, 9.17) is 11.6 Å². The zero-order valence-electron chi connectivity index (χ0n) is 28.6. The van der Waals surface area contributed by atoms with Crippen LogP contribution < -0.4 is 3.27 Å². The summed E-state index contributed by atoms with van der Waals surface area (Å²) in [4.78, 5) is 0. The van der Waals surface area contributed by atoms with E-state index in [1.165, 1.54) is 38.9 Å². The summed E-state index contributed by atoms with van der Waals surface area (Å²) in [6, 6.07) is 16.3. The van der Waals surface area contributed by atoms with Gasteiger partial charge in [-0.2, -0.15) is 0 Å². The summed E-state index contributed by atoms with van der Waals surface area (Å²) >= 11 is 3.96. The number of rotatable bonds is 3. The molecule has 0 aromatic heterocycles. The summed E-state index contributed by atoms with van der Waals surface area (Å²) in [5.74, 6) is 0. The number of hydrogen-bond donors (Lipinski definition) is 0. The summed E-state index contributed by atoms with van der Waals surface area (Å²) < 4.78 is 6.04. The molecule has 0 saturated heterocycles. The first kappa shape index (κ1) is 32.6. The molecule has 0 fully saturated rings. The fraction of sp³-hybridized carbons (Fsp3) is 0.439. The molecule has 0 spiro atoms. The Morgan fingerprint density at radius 1 is 0.698 bits per heavy atom. The van der Waals surface area contributed by atoms with E-state index >= 15 is 0 Å². The second-order valence-corrected chi connectivity index (χ2v) is 22.9. The van der Waals surface area contributed by atoms with Gasteiger partial charge >= 0.3 is 277 Å². The van der Waals surface area contributed by atoms with Crippen LogP contribution in [0.5, 0.6) is 0 Å². The summed E-state index contributed by atoms with van der Waals surface area (Å²) in [5, 5.41) is 0.816. The van der Waals surface area contributed by atoms with Gasteiger partial charge in [0, 0.05) is 0 Å². The predicted octanol–water partition coefficient (Wildman–Crippen LogP) is 11.0. The molecule has 0 nitrogen and oxygen atoms in total. The molecule has 0 unspecified atom stereocenters. The van der Waals surface area contributed by atoms with Crippen molar-refractivity contribution in [1.82, 2.24) is 0 Å². The zero-order chi connectivity index (χ0) is 31.7. The van der Waals surface area contributed by atoms with Crippen LogP contribution in [0.25, 0.3) is 11.1 Å². The van der Waals surface area contributed by atoms with Crippen LogP contribution in [0.15, 0.2) is 64.0 Å². The van der Waals surface area contributed by atoms with Crippen LogP contribution in [0.4, 0.5) is 0 Å². The first-order valence-corrected chi connectivity index (χ1v) is 20.2. The molecule has 2 heteroatoms. The summed E-state index contributed by atoms with van der Waals surface area (Å²) in [6.45, 7) is 28.8. The second-order valence-electron chi connectivity index (χ2n) is 16.9. The van der Waals surface area contributed by atoms with Gasteiger partial charge in [0.15, 0.2) is 0 Å². The van der Waals surface area contributed by atoms with E-state index in [0.717, 1.165) is 17.9 Å². The van der Waals surface area contributed by atoms with Gasteiger partial charge in [0.25, 0.3) is 0 Å². The molecule has 0 atom stereocenters. The Bertz CT molecular complexity index is 1680. The average Bonchev–Trinajstić information content (AvgIpc) is 3.51. The van der Waals surface area contributed by atoms with Crippen LogP contribution in [0.1, 0.15) is 128 Å². The van der Waals surface area contributed by atoms with E-state index in [9.17, 15) is 0 Å². The van der Waals surface area contributed by atoms with Crippen LogP contribution in [0.2, 0.25) is 5.02 Å². The van der Waals surface area contributed by atoms with Gasteiger partial charge in [0.1, 0.15) is 0 Å². The third kappa shape index (κ3) is 6.47. The second kappa shape index (κ2) is 11.2. The van der Waals surface area contributed by atoms with E-state index in [1.807, 2.05) is 6.07 Å². The maximum atomic E-state index is 6.56. The number of allylic oxidation sites excluding steroid dienone is 4. The first-order chi connectivity index (χ1) is 19.8. The van der Waals surface area contributed by atoms with E-state index in [0.29, 0.717) is 0 Å². The molecular weight excluding hydrogens is 619 g/mol. The van der Waals surface area contributed by atoms with E-state index in [1.54, 1.807) is 17.7 Å². The third-order valence-electron chi connectivity index (χ3n) is 9.06. The number of halogens is 1. The Morgan fingerprint density at radius 3 is 1.84 bits per heavy atom. The van der Waals surface area contributed by atoms with E-state index in [-0.39, 0.29) is 21.7 Å². The Morgan fingerprint density at radius 2 is 1.30 bits per heavy atom. The molecule has 2 aliphatic rings. The molecule has 0 N–H and O–H groups in total. The predicted molar refractivity (Wildman–Crippen MR) is 188 cm³/mol. The van der Waals surface area contributed by atoms with Crippen molar-refractivity contribution in [1.29, 1.82) is 0 Å². The maximum absolute atomic E-state index is 6.56. The topological polar surface area (TPSA) is 0 Å². The summed E-state index contributed by atoms with van der Waals surface area (Å²) in [5.41, 5.74) is 13.6. The van der Waals surface area contributed by atoms with Crippen molar-refractivity contribution in [3.8, 4) is 11.1 Å². The minimum absolute atomic E-state index is 0.0233. The van der Waals surface area contributed by atoms with Crippen LogP contribution in [-0.4, -0.2) is 3.71 Å². The quantitative estimate of drug-likeness (QED) is 0.204. The molecule has 0 aliphatic heterocycles. The van der Waals surface area contributed by atoms with Crippen LogP contribution >= 0.6 is 11.6 Å². The van der Waals surface area contributed by atoms with Gasteiger partial charge in [0.05, 0.1) is 0 Å². The Labute approximate surface area is 274 Å². The molecular formula is C41H51ClZr. The molecule has 43 heavy (non-hydrogen) atoms. The first-order valence-electron chi connectivity index (χ1n) is 16.0. The van der Waals surface area contributed by atoms with Gasteiger partial charge < -0.3 is 0 Å². The minimum atomic E-state index is -2.59. The normalized spacial score (nSPS) is 15.6. The van der Waals surface area contributed by atoms with Gasteiger partial charge in [-0.05, 0) is 0 Å². The molecule has 3 aromatic rings. The number of benzene rings is 3. The molecule has 0 saturated carbocycles. The van der Waals surface area contributed by atoms with Crippen molar-refractivity contribution >= 4 is 18.6 Å². The molecule has 0 bridgehead atoms. The van der Waals surface area contributed by atoms with Crippen molar-refractivity contribution in [3.05, 3.63) is 108 Å². The molecule has 2 aliphatic carbocycles. The average molecular weight is 671 g/mol. The molecule has 0 heterocycles. The zero-order valence-corrected chi connectivity index (χ0v) is 31.9. The summed E-state index contributed by atoms with van der Waals surface area (Å²) in [7, 11) is 0. The molecule has 226 valence electrons. The monoisotopic (exact) mass is 668 g/mol.